The van der Waals surface area contributed by atoms with Crippen molar-refractivity contribution in [1.82, 2.24) is 4.90 Å². The van der Waals surface area contributed by atoms with E-state index in [2.05, 4.69) is 0 Å². The summed E-state index contributed by atoms with van der Waals surface area (Å²) in [7, 11) is 0. The zero-order chi connectivity index (χ0) is 13.6. The van der Waals surface area contributed by atoms with E-state index in [-0.39, 0.29) is 5.91 Å². The van der Waals surface area contributed by atoms with E-state index in [1.807, 2.05) is 6.08 Å². The van der Waals surface area contributed by atoms with Crippen molar-refractivity contribution in [3.05, 3.63) is 11.6 Å². The summed E-state index contributed by atoms with van der Waals surface area (Å²) in [5.41, 5.74) is 0.581. The molecule has 2 aliphatic carbocycles. The van der Waals surface area contributed by atoms with Gasteiger partial charge < -0.3 is 10.0 Å². The zero-order valence-corrected chi connectivity index (χ0v) is 11.4. The average Bonchev–Trinajstić information content (AvgIpc) is 3.25. The number of allylic oxidation sites excluding steroid dienone is 1. The normalized spacial score (nSPS) is 30.3. The van der Waals surface area contributed by atoms with E-state index < -0.39 is 11.4 Å². The summed E-state index contributed by atoms with van der Waals surface area (Å²) in [5, 5.41) is 9.20. The van der Waals surface area contributed by atoms with Crippen LogP contribution in [0.1, 0.15) is 39.0 Å². The molecule has 3 fully saturated rings. The summed E-state index contributed by atoms with van der Waals surface area (Å²) >= 11 is 0. The van der Waals surface area contributed by atoms with E-state index in [0.717, 1.165) is 0 Å². The van der Waals surface area contributed by atoms with Crippen LogP contribution in [0.4, 0.5) is 0 Å². The van der Waals surface area contributed by atoms with Crippen molar-refractivity contribution in [2.45, 2.75) is 39.0 Å². The number of aliphatic carboxylic acids is 1. The third-order valence-corrected chi connectivity index (χ3v) is 4.69. The van der Waals surface area contributed by atoms with E-state index in [1.165, 1.54) is 31.3 Å². The maximum absolute atomic E-state index is 12.3. The highest BCUT2D eigenvalue weighted by atomic mass is 16.4. The van der Waals surface area contributed by atoms with Crippen LogP contribution in [0.15, 0.2) is 11.6 Å². The van der Waals surface area contributed by atoms with Crippen molar-refractivity contribution in [3.63, 3.8) is 0 Å². The van der Waals surface area contributed by atoms with Gasteiger partial charge in [-0.2, -0.15) is 0 Å². The molecule has 0 spiro atoms. The van der Waals surface area contributed by atoms with E-state index in [9.17, 15) is 14.7 Å². The van der Waals surface area contributed by atoms with Gasteiger partial charge >= 0.3 is 5.97 Å². The van der Waals surface area contributed by atoms with E-state index in [4.69, 9.17) is 0 Å². The summed E-state index contributed by atoms with van der Waals surface area (Å²) in [5.74, 6) is 0.519. The molecule has 1 heterocycles. The third-order valence-electron chi connectivity index (χ3n) is 4.69. The summed E-state index contributed by atoms with van der Waals surface area (Å²) in [6, 6.07) is 0. The number of hydrogen-bond donors (Lipinski definition) is 1. The maximum Gasteiger partial charge on any atom is 0.311 e. The standard InChI is InChI=1S/C15H21NO3/c1-15(14(18)19)6-7-16(9-15)13(17)8-12(10-2-3-10)11-4-5-11/h8,10-11H,2-7,9H2,1H3,(H,18,19)/t15-/m0/s1. The van der Waals surface area contributed by atoms with E-state index >= 15 is 0 Å². The largest absolute Gasteiger partial charge is 0.481 e. The molecule has 0 aromatic heterocycles. The Bertz CT molecular complexity index is 434. The highest BCUT2D eigenvalue weighted by Gasteiger charge is 2.42. The van der Waals surface area contributed by atoms with Gasteiger partial charge in [-0.15, -0.1) is 0 Å². The first kappa shape index (κ1) is 12.7. The van der Waals surface area contributed by atoms with Crippen molar-refractivity contribution < 1.29 is 14.7 Å². The maximum atomic E-state index is 12.3. The molecule has 4 nitrogen and oxygen atoms in total. The number of nitrogens with zero attached hydrogens (tertiary/aromatic N) is 1. The summed E-state index contributed by atoms with van der Waals surface area (Å²) in [4.78, 5) is 25.2. The topological polar surface area (TPSA) is 57.6 Å². The second kappa shape index (κ2) is 4.36. The van der Waals surface area contributed by atoms with Gasteiger partial charge in [0.15, 0.2) is 0 Å². The second-order valence-electron chi connectivity index (χ2n) is 6.57. The number of amides is 1. The molecule has 4 heteroatoms. The molecule has 0 radical (unpaired) electrons. The van der Waals surface area contributed by atoms with Gasteiger partial charge in [-0.1, -0.05) is 5.57 Å². The molecule has 1 aliphatic heterocycles. The lowest BCUT2D eigenvalue weighted by Gasteiger charge is -2.19. The Balaban J connectivity index is 1.68. The molecule has 1 saturated heterocycles. The molecule has 2 saturated carbocycles. The fraction of sp³-hybridized carbons (Fsp3) is 0.733. The van der Waals surface area contributed by atoms with Gasteiger partial charge in [-0.25, -0.2) is 0 Å². The number of carbonyl (C=O) groups excluding carboxylic acids is 1. The van der Waals surface area contributed by atoms with Crippen LogP contribution in [-0.2, 0) is 9.59 Å². The molecule has 1 atom stereocenters. The Morgan fingerprint density at radius 3 is 2.21 bits per heavy atom. The molecule has 0 bridgehead atoms. The van der Waals surface area contributed by atoms with Crippen LogP contribution >= 0.6 is 0 Å². The lowest BCUT2D eigenvalue weighted by Crippen LogP contribution is -2.34. The van der Waals surface area contributed by atoms with Crippen molar-refractivity contribution in [2.75, 3.05) is 13.1 Å². The number of carbonyl (C=O) groups is 2. The predicted molar refractivity (Wildman–Crippen MR) is 70.5 cm³/mol. The van der Waals surface area contributed by atoms with Gasteiger partial charge in [0.1, 0.15) is 0 Å². The van der Waals surface area contributed by atoms with Crippen LogP contribution < -0.4 is 0 Å². The van der Waals surface area contributed by atoms with Crippen LogP contribution in [0.25, 0.3) is 0 Å². The quantitative estimate of drug-likeness (QED) is 0.790. The molecular weight excluding hydrogens is 242 g/mol. The van der Waals surface area contributed by atoms with Crippen LogP contribution in [0.5, 0.6) is 0 Å². The first-order valence-corrected chi connectivity index (χ1v) is 7.23. The van der Waals surface area contributed by atoms with Gasteiger partial charge in [-0.3, -0.25) is 9.59 Å². The minimum Gasteiger partial charge on any atom is -0.481 e. The van der Waals surface area contributed by atoms with Gasteiger partial charge in [0.25, 0.3) is 0 Å². The Morgan fingerprint density at radius 2 is 1.79 bits per heavy atom. The second-order valence-corrected chi connectivity index (χ2v) is 6.57. The first-order chi connectivity index (χ1) is 8.99. The Hall–Kier alpha value is -1.32. The molecular formula is C15H21NO3. The average molecular weight is 263 g/mol. The third kappa shape index (κ3) is 2.53. The van der Waals surface area contributed by atoms with Gasteiger partial charge in [0, 0.05) is 19.2 Å². The Morgan fingerprint density at radius 1 is 1.21 bits per heavy atom. The molecule has 1 N–H and O–H groups in total. The van der Waals surface area contributed by atoms with E-state index in [1.54, 1.807) is 11.8 Å². The number of hydrogen-bond acceptors (Lipinski definition) is 2. The first-order valence-electron chi connectivity index (χ1n) is 7.23. The van der Waals surface area contributed by atoms with Crippen LogP contribution in [0.2, 0.25) is 0 Å². The van der Waals surface area contributed by atoms with Crippen molar-refractivity contribution in [1.29, 1.82) is 0 Å². The molecule has 0 aromatic rings. The highest BCUT2D eigenvalue weighted by Crippen LogP contribution is 2.48. The number of rotatable bonds is 4. The smallest absolute Gasteiger partial charge is 0.311 e. The Labute approximate surface area is 113 Å². The molecule has 0 unspecified atom stereocenters. The van der Waals surface area contributed by atoms with Crippen LogP contribution in [-0.4, -0.2) is 35.0 Å². The number of carboxylic acids is 1. The zero-order valence-electron chi connectivity index (χ0n) is 11.4. The van der Waals surface area contributed by atoms with Gasteiger partial charge in [-0.05, 0) is 50.9 Å². The predicted octanol–water partition coefficient (Wildman–Crippen LogP) is 2.06. The fourth-order valence-corrected chi connectivity index (χ4v) is 2.96. The Kier molecular flexibility index (Phi) is 2.91. The SMILES string of the molecule is C[C@]1(C(=O)O)CCN(C(=O)C=C(C2CC2)C2CC2)C1. The van der Waals surface area contributed by atoms with Gasteiger partial charge in [0.2, 0.25) is 5.91 Å². The lowest BCUT2D eigenvalue weighted by molar-refractivity contribution is -0.147. The summed E-state index contributed by atoms with van der Waals surface area (Å²) < 4.78 is 0. The van der Waals surface area contributed by atoms with Crippen molar-refractivity contribution in [3.8, 4) is 0 Å². The lowest BCUT2D eigenvalue weighted by atomic mass is 9.90. The molecule has 104 valence electrons. The molecule has 1 amide bonds. The summed E-state index contributed by atoms with van der Waals surface area (Å²) in [6.45, 7) is 2.65. The summed E-state index contributed by atoms with van der Waals surface area (Å²) in [6.07, 6.45) is 7.28. The monoisotopic (exact) mass is 263 g/mol. The number of carboxylic acid groups (broad SMARTS) is 1. The minimum atomic E-state index is -0.795. The highest BCUT2D eigenvalue weighted by molar-refractivity contribution is 5.90. The number of likely N-dealkylation sites (tertiary alicyclic amines) is 1. The van der Waals surface area contributed by atoms with Crippen LogP contribution in [0, 0.1) is 17.3 Å². The van der Waals surface area contributed by atoms with Crippen molar-refractivity contribution >= 4 is 11.9 Å². The van der Waals surface area contributed by atoms with Gasteiger partial charge in [0.05, 0.1) is 5.41 Å². The van der Waals surface area contributed by atoms with Crippen LogP contribution in [0.3, 0.4) is 0 Å². The molecule has 0 aromatic carbocycles. The minimum absolute atomic E-state index is 0.0266. The molecule has 3 aliphatic rings. The molecule has 3 rings (SSSR count). The van der Waals surface area contributed by atoms with E-state index in [0.29, 0.717) is 31.3 Å². The van der Waals surface area contributed by atoms with Crippen molar-refractivity contribution in [2.24, 2.45) is 17.3 Å². The fourth-order valence-electron chi connectivity index (χ4n) is 2.96. The molecule has 19 heavy (non-hydrogen) atoms.